The summed E-state index contributed by atoms with van der Waals surface area (Å²) < 4.78 is 1.06. The van der Waals surface area contributed by atoms with E-state index in [1.807, 2.05) is 23.5 Å². The van der Waals surface area contributed by atoms with Gasteiger partial charge in [-0.2, -0.15) is 0 Å². The van der Waals surface area contributed by atoms with Crippen molar-refractivity contribution in [2.24, 2.45) is 0 Å². The third-order valence-electron chi connectivity index (χ3n) is 2.42. The summed E-state index contributed by atoms with van der Waals surface area (Å²) in [7, 11) is 0. The van der Waals surface area contributed by atoms with Gasteiger partial charge in [0.1, 0.15) is 0 Å². The molecule has 0 atom stereocenters. The summed E-state index contributed by atoms with van der Waals surface area (Å²) in [5.41, 5.74) is 1.12. The minimum Gasteiger partial charge on any atom is -0.308 e. The van der Waals surface area contributed by atoms with Crippen molar-refractivity contribution in [1.29, 1.82) is 0 Å². The zero-order valence-electron chi connectivity index (χ0n) is 9.47. The Balaban J connectivity index is 1.91. The van der Waals surface area contributed by atoms with Crippen LogP contribution < -0.4 is 5.32 Å². The number of thiophene rings is 1. The summed E-state index contributed by atoms with van der Waals surface area (Å²) in [6, 6.07) is 10.2. The summed E-state index contributed by atoms with van der Waals surface area (Å²) in [5, 5.41) is 4.21. The Morgan fingerprint density at radius 2 is 2.06 bits per heavy atom. The van der Waals surface area contributed by atoms with E-state index in [-0.39, 0.29) is 0 Å². The molecule has 4 heteroatoms. The molecule has 0 amide bonds. The molecule has 0 bridgehead atoms. The molecule has 1 heterocycles. The highest BCUT2D eigenvalue weighted by Gasteiger charge is 2.01. The number of aryl methyl sites for hydroxylation is 1. The summed E-state index contributed by atoms with van der Waals surface area (Å²) in [6.07, 6.45) is 0. The van der Waals surface area contributed by atoms with Crippen LogP contribution in [0.15, 0.2) is 34.8 Å². The highest BCUT2D eigenvalue weighted by molar-refractivity contribution is 9.10. The molecule has 2 aromatic rings. The molecule has 0 aliphatic rings. The zero-order valence-corrected chi connectivity index (χ0v) is 12.6. The van der Waals surface area contributed by atoms with Crippen LogP contribution in [-0.4, -0.2) is 0 Å². The average molecular weight is 331 g/mol. The van der Waals surface area contributed by atoms with E-state index >= 15 is 0 Å². The highest BCUT2D eigenvalue weighted by Crippen LogP contribution is 2.21. The van der Waals surface area contributed by atoms with E-state index < -0.39 is 0 Å². The van der Waals surface area contributed by atoms with Crippen LogP contribution in [0, 0.1) is 6.92 Å². The molecule has 0 aliphatic heterocycles. The van der Waals surface area contributed by atoms with Gasteiger partial charge < -0.3 is 5.32 Å². The molecule has 0 spiro atoms. The van der Waals surface area contributed by atoms with Gasteiger partial charge in [0.05, 0.1) is 0 Å². The van der Waals surface area contributed by atoms with Crippen molar-refractivity contribution in [2.75, 3.05) is 0 Å². The zero-order chi connectivity index (χ0) is 12.3. The smallest absolute Gasteiger partial charge is 0.0451 e. The fraction of sp³-hybridized carbons (Fsp3) is 0.231. The molecule has 0 unspecified atom stereocenters. The third kappa shape index (κ3) is 3.81. The standard InChI is InChI=1S/C13H13BrClNS/c1-9-2-4-12(17-9)8-16-7-10-6-11(14)3-5-13(10)15/h2-6,16H,7-8H2,1H3. The molecule has 0 aliphatic carbocycles. The fourth-order valence-electron chi connectivity index (χ4n) is 1.58. The lowest BCUT2D eigenvalue weighted by Gasteiger charge is -2.06. The van der Waals surface area contributed by atoms with Crippen molar-refractivity contribution in [3.63, 3.8) is 0 Å². The Morgan fingerprint density at radius 1 is 1.24 bits per heavy atom. The van der Waals surface area contributed by atoms with Crippen LogP contribution in [0.2, 0.25) is 5.02 Å². The van der Waals surface area contributed by atoms with Crippen LogP contribution in [-0.2, 0) is 13.1 Å². The maximum atomic E-state index is 6.12. The minimum absolute atomic E-state index is 0.787. The molecule has 0 saturated heterocycles. The Bertz CT molecular complexity index is 510. The van der Waals surface area contributed by atoms with Gasteiger partial charge >= 0.3 is 0 Å². The number of nitrogens with one attached hydrogen (secondary N) is 1. The van der Waals surface area contributed by atoms with E-state index in [0.717, 1.165) is 28.1 Å². The predicted octanol–water partition coefficient (Wildman–Crippen LogP) is 4.76. The Labute approximate surface area is 119 Å². The normalized spacial score (nSPS) is 10.8. The van der Waals surface area contributed by atoms with E-state index in [1.54, 1.807) is 0 Å². The maximum Gasteiger partial charge on any atom is 0.0451 e. The summed E-state index contributed by atoms with van der Waals surface area (Å²) in [5.74, 6) is 0. The topological polar surface area (TPSA) is 12.0 Å². The molecule has 2 rings (SSSR count). The fourth-order valence-corrected chi connectivity index (χ4v) is 3.03. The van der Waals surface area contributed by atoms with E-state index in [1.165, 1.54) is 9.75 Å². The second-order valence-electron chi connectivity index (χ2n) is 3.85. The third-order valence-corrected chi connectivity index (χ3v) is 4.28. The lowest BCUT2D eigenvalue weighted by Crippen LogP contribution is -2.12. The first-order chi connectivity index (χ1) is 8.15. The molecule has 17 heavy (non-hydrogen) atoms. The maximum absolute atomic E-state index is 6.12. The van der Waals surface area contributed by atoms with Crippen LogP contribution in [0.3, 0.4) is 0 Å². The van der Waals surface area contributed by atoms with E-state index in [9.17, 15) is 0 Å². The Hall–Kier alpha value is -0.350. The van der Waals surface area contributed by atoms with Crippen molar-refractivity contribution >= 4 is 38.9 Å². The minimum atomic E-state index is 0.787. The van der Waals surface area contributed by atoms with Crippen LogP contribution in [0.1, 0.15) is 15.3 Å². The number of hydrogen-bond donors (Lipinski definition) is 1. The Kier molecular flexibility index (Phi) is 4.62. The quantitative estimate of drug-likeness (QED) is 0.852. The molecular weight excluding hydrogens is 318 g/mol. The number of halogens is 2. The molecular formula is C13H13BrClNS. The number of rotatable bonds is 4. The first-order valence-corrected chi connectivity index (χ1v) is 7.34. The van der Waals surface area contributed by atoms with Gasteiger partial charge in [-0.05, 0) is 42.8 Å². The van der Waals surface area contributed by atoms with Crippen molar-refractivity contribution in [3.05, 3.63) is 55.1 Å². The second kappa shape index (κ2) is 6.01. The van der Waals surface area contributed by atoms with Crippen LogP contribution in [0.25, 0.3) is 0 Å². The van der Waals surface area contributed by atoms with E-state index in [4.69, 9.17) is 11.6 Å². The molecule has 0 radical (unpaired) electrons. The van der Waals surface area contributed by atoms with Crippen molar-refractivity contribution < 1.29 is 0 Å². The molecule has 1 N–H and O–H groups in total. The average Bonchev–Trinajstić information content (AvgIpc) is 2.69. The lowest BCUT2D eigenvalue weighted by atomic mass is 10.2. The van der Waals surface area contributed by atoms with E-state index in [2.05, 4.69) is 46.4 Å². The summed E-state index contributed by atoms with van der Waals surface area (Å²) in [6.45, 7) is 3.80. The van der Waals surface area contributed by atoms with Gasteiger partial charge in [-0.25, -0.2) is 0 Å². The highest BCUT2D eigenvalue weighted by atomic mass is 79.9. The molecule has 0 fully saturated rings. The summed E-state index contributed by atoms with van der Waals surface area (Å²) in [4.78, 5) is 2.70. The van der Waals surface area contributed by atoms with Crippen LogP contribution in [0.5, 0.6) is 0 Å². The van der Waals surface area contributed by atoms with Crippen molar-refractivity contribution in [3.8, 4) is 0 Å². The Morgan fingerprint density at radius 3 is 2.76 bits per heavy atom. The van der Waals surface area contributed by atoms with Crippen LogP contribution in [0.4, 0.5) is 0 Å². The monoisotopic (exact) mass is 329 g/mol. The van der Waals surface area contributed by atoms with Gasteiger partial charge in [-0.15, -0.1) is 11.3 Å². The first kappa shape index (κ1) is 13.1. The van der Waals surface area contributed by atoms with Gasteiger partial charge in [0.2, 0.25) is 0 Å². The van der Waals surface area contributed by atoms with Crippen molar-refractivity contribution in [1.82, 2.24) is 5.32 Å². The van der Waals surface area contributed by atoms with Crippen LogP contribution >= 0.6 is 38.9 Å². The van der Waals surface area contributed by atoms with Gasteiger partial charge in [0.15, 0.2) is 0 Å². The molecule has 90 valence electrons. The van der Waals surface area contributed by atoms with Crippen molar-refractivity contribution in [2.45, 2.75) is 20.0 Å². The SMILES string of the molecule is Cc1ccc(CNCc2cc(Br)ccc2Cl)s1. The predicted molar refractivity (Wildman–Crippen MR) is 78.8 cm³/mol. The summed E-state index contributed by atoms with van der Waals surface area (Å²) >= 11 is 11.4. The van der Waals surface area contributed by atoms with Gasteiger partial charge in [-0.1, -0.05) is 27.5 Å². The molecule has 1 aromatic heterocycles. The van der Waals surface area contributed by atoms with Gasteiger partial charge in [0.25, 0.3) is 0 Å². The largest absolute Gasteiger partial charge is 0.308 e. The number of hydrogen-bond acceptors (Lipinski definition) is 2. The molecule has 0 saturated carbocycles. The molecule has 1 aromatic carbocycles. The first-order valence-electron chi connectivity index (χ1n) is 5.35. The molecule has 1 nitrogen and oxygen atoms in total. The van der Waals surface area contributed by atoms with Gasteiger partial charge in [-0.3, -0.25) is 0 Å². The lowest BCUT2D eigenvalue weighted by molar-refractivity contribution is 0.701. The van der Waals surface area contributed by atoms with E-state index in [0.29, 0.717) is 0 Å². The number of benzene rings is 1. The van der Waals surface area contributed by atoms with Gasteiger partial charge in [0, 0.05) is 32.3 Å². The second-order valence-corrected chi connectivity index (χ2v) is 6.55.